The number of aromatic nitrogens is 2. The van der Waals surface area contributed by atoms with Crippen molar-refractivity contribution in [1.82, 2.24) is 9.97 Å². The molecule has 8 nitrogen and oxygen atoms in total. The summed E-state index contributed by atoms with van der Waals surface area (Å²) < 4.78 is 16.5. The van der Waals surface area contributed by atoms with Crippen LogP contribution in [-0.2, 0) is 4.74 Å². The molecule has 0 aliphatic carbocycles. The highest BCUT2D eigenvalue weighted by Crippen LogP contribution is 2.35. The average Bonchev–Trinajstić information content (AvgIpc) is 2.64. The fourth-order valence-electron chi connectivity index (χ4n) is 2.77. The van der Waals surface area contributed by atoms with Crippen molar-refractivity contribution < 1.29 is 14.2 Å². The van der Waals surface area contributed by atoms with E-state index in [4.69, 9.17) is 19.9 Å². The van der Waals surface area contributed by atoms with E-state index in [1.54, 1.807) is 0 Å². The van der Waals surface area contributed by atoms with Crippen molar-refractivity contribution in [2.24, 2.45) is 0 Å². The van der Waals surface area contributed by atoms with Crippen molar-refractivity contribution in [3.8, 4) is 11.5 Å². The fourth-order valence-corrected chi connectivity index (χ4v) is 2.77. The van der Waals surface area contributed by atoms with Crippen LogP contribution >= 0.6 is 0 Å². The van der Waals surface area contributed by atoms with E-state index in [1.165, 1.54) is 6.33 Å². The Bertz CT molecular complexity index is 734. The molecule has 2 aliphatic rings. The number of fused-ring (bicyclic) bond motifs is 1. The van der Waals surface area contributed by atoms with Crippen LogP contribution in [-0.4, -0.2) is 49.5 Å². The van der Waals surface area contributed by atoms with Crippen LogP contribution < -0.4 is 25.4 Å². The van der Waals surface area contributed by atoms with Crippen molar-refractivity contribution in [2.45, 2.75) is 0 Å². The summed E-state index contributed by atoms with van der Waals surface area (Å²) in [6.07, 6.45) is 1.52. The predicted octanol–water partition coefficient (Wildman–Crippen LogP) is 1.41. The maximum absolute atomic E-state index is 6.27. The summed E-state index contributed by atoms with van der Waals surface area (Å²) in [5.74, 6) is 2.76. The van der Waals surface area contributed by atoms with Gasteiger partial charge in [-0.3, -0.25) is 0 Å². The Morgan fingerprint density at radius 3 is 2.62 bits per heavy atom. The van der Waals surface area contributed by atoms with E-state index in [0.717, 1.165) is 30.3 Å². The zero-order chi connectivity index (χ0) is 16.4. The molecule has 2 aromatic rings. The Morgan fingerprint density at radius 2 is 1.79 bits per heavy atom. The zero-order valence-electron chi connectivity index (χ0n) is 13.2. The molecule has 3 N–H and O–H groups in total. The highest BCUT2D eigenvalue weighted by Gasteiger charge is 2.18. The number of rotatable bonds is 3. The normalized spacial score (nSPS) is 16.8. The molecule has 0 saturated carbocycles. The molecule has 0 atom stereocenters. The van der Waals surface area contributed by atoms with Gasteiger partial charge in [0.1, 0.15) is 25.2 Å². The Hall–Kier alpha value is -2.74. The third-order valence-electron chi connectivity index (χ3n) is 3.98. The Morgan fingerprint density at radius 1 is 1.00 bits per heavy atom. The summed E-state index contributed by atoms with van der Waals surface area (Å²) in [7, 11) is 0. The Labute approximate surface area is 139 Å². The van der Waals surface area contributed by atoms with E-state index in [1.807, 2.05) is 18.2 Å². The van der Waals surface area contributed by atoms with Crippen molar-refractivity contribution >= 4 is 23.0 Å². The Kier molecular flexibility index (Phi) is 3.96. The lowest BCUT2D eigenvalue weighted by molar-refractivity contribution is 0.122. The SMILES string of the molecule is Nc1c(Nc2ccc3c(c2)OCCO3)ncnc1N1CCOCC1. The van der Waals surface area contributed by atoms with Crippen molar-refractivity contribution in [3.63, 3.8) is 0 Å². The molecule has 0 radical (unpaired) electrons. The second kappa shape index (κ2) is 6.40. The van der Waals surface area contributed by atoms with Crippen LogP contribution in [0.25, 0.3) is 0 Å². The first kappa shape index (κ1) is 14.8. The van der Waals surface area contributed by atoms with Gasteiger partial charge in [-0.2, -0.15) is 0 Å². The second-order valence-corrected chi connectivity index (χ2v) is 5.54. The molecule has 4 rings (SSSR count). The van der Waals surface area contributed by atoms with Gasteiger partial charge in [0.05, 0.1) is 13.2 Å². The van der Waals surface area contributed by atoms with Crippen LogP contribution in [0.2, 0.25) is 0 Å². The predicted molar refractivity (Wildman–Crippen MR) is 90.2 cm³/mol. The van der Waals surface area contributed by atoms with Crippen LogP contribution in [0.5, 0.6) is 11.5 Å². The first-order valence-corrected chi connectivity index (χ1v) is 7.91. The molecule has 24 heavy (non-hydrogen) atoms. The number of nitrogen functional groups attached to an aromatic ring is 1. The monoisotopic (exact) mass is 329 g/mol. The average molecular weight is 329 g/mol. The van der Waals surface area contributed by atoms with E-state index in [9.17, 15) is 0 Å². The second-order valence-electron chi connectivity index (χ2n) is 5.54. The lowest BCUT2D eigenvalue weighted by Gasteiger charge is -2.29. The van der Waals surface area contributed by atoms with Gasteiger partial charge in [-0.05, 0) is 12.1 Å². The van der Waals surface area contributed by atoms with Gasteiger partial charge in [-0.15, -0.1) is 0 Å². The van der Waals surface area contributed by atoms with Crippen LogP contribution in [0.15, 0.2) is 24.5 Å². The number of benzene rings is 1. The number of hydrogen-bond acceptors (Lipinski definition) is 8. The fraction of sp³-hybridized carbons (Fsp3) is 0.375. The topological polar surface area (TPSA) is 94.8 Å². The molecule has 8 heteroatoms. The number of nitrogens with zero attached hydrogens (tertiary/aromatic N) is 3. The lowest BCUT2D eigenvalue weighted by Crippen LogP contribution is -2.37. The van der Waals surface area contributed by atoms with Gasteiger partial charge in [0.2, 0.25) is 0 Å². The molecule has 2 aliphatic heterocycles. The molecule has 3 heterocycles. The van der Waals surface area contributed by atoms with Gasteiger partial charge in [0.25, 0.3) is 0 Å². The Balaban J connectivity index is 1.58. The smallest absolute Gasteiger partial charge is 0.163 e. The van der Waals surface area contributed by atoms with Crippen LogP contribution in [0.1, 0.15) is 0 Å². The summed E-state index contributed by atoms with van der Waals surface area (Å²) in [6.45, 7) is 4.01. The molecule has 1 saturated heterocycles. The van der Waals surface area contributed by atoms with Gasteiger partial charge in [-0.1, -0.05) is 0 Å². The van der Waals surface area contributed by atoms with E-state index >= 15 is 0 Å². The summed E-state index contributed by atoms with van der Waals surface area (Å²) in [6, 6.07) is 5.66. The third-order valence-corrected chi connectivity index (χ3v) is 3.98. The molecule has 0 amide bonds. The molecular weight excluding hydrogens is 310 g/mol. The van der Waals surface area contributed by atoms with Gasteiger partial charge in [0.15, 0.2) is 23.1 Å². The summed E-state index contributed by atoms with van der Waals surface area (Å²) >= 11 is 0. The first-order valence-electron chi connectivity index (χ1n) is 7.91. The van der Waals surface area contributed by atoms with Crippen molar-refractivity contribution in [2.75, 3.05) is 55.5 Å². The summed E-state index contributed by atoms with van der Waals surface area (Å²) in [5, 5.41) is 3.23. The standard InChI is InChI=1S/C16H19N5O3/c17-14-15(18-10-19-16(14)21-3-5-22-6-4-21)20-11-1-2-12-13(9-11)24-8-7-23-12/h1-2,9-10H,3-8,17H2,(H,18,19,20). The van der Waals surface area contributed by atoms with Crippen LogP contribution in [0.3, 0.4) is 0 Å². The number of nitrogens with one attached hydrogen (secondary N) is 1. The van der Waals surface area contributed by atoms with E-state index in [0.29, 0.717) is 43.7 Å². The molecule has 0 unspecified atom stereocenters. The van der Waals surface area contributed by atoms with E-state index in [2.05, 4.69) is 20.2 Å². The number of hydrogen-bond donors (Lipinski definition) is 2. The molecular formula is C16H19N5O3. The first-order chi connectivity index (χ1) is 11.8. The molecule has 0 bridgehead atoms. The third kappa shape index (κ3) is 2.88. The van der Waals surface area contributed by atoms with E-state index in [-0.39, 0.29) is 0 Å². The maximum Gasteiger partial charge on any atom is 0.163 e. The quantitative estimate of drug-likeness (QED) is 0.873. The van der Waals surface area contributed by atoms with E-state index < -0.39 is 0 Å². The van der Waals surface area contributed by atoms with Gasteiger partial charge in [0, 0.05) is 24.8 Å². The largest absolute Gasteiger partial charge is 0.486 e. The molecule has 1 aromatic carbocycles. The molecule has 126 valence electrons. The number of morpholine rings is 1. The molecule has 1 aromatic heterocycles. The minimum atomic E-state index is 0.522. The van der Waals surface area contributed by atoms with Crippen molar-refractivity contribution in [1.29, 1.82) is 0 Å². The molecule has 0 spiro atoms. The summed E-state index contributed by atoms with van der Waals surface area (Å²) in [5.41, 5.74) is 7.63. The molecule has 1 fully saturated rings. The highest BCUT2D eigenvalue weighted by molar-refractivity contribution is 5.78. The minimum absolute atomic E-state index is 0.522. The zero-order valence-corrected chi connectivity index (χ0v) is 13.2. The van der Waals surface area contributed by atoms with Crippen LogP contribution in [0, 0.1) is 0 Å². The van der Waals surface area contributed by atoms with Gasteiger partial charge in [-0.25, -0.2) is 9.97 Å². The number of nitrogens with two attached hydrogens (primary N) is 1. The number of ether oxygens (including phenoxy) is 3. The van der Waals surface area contributed by atoms with Crippen LogP contribution in [0.4, 0.5) is 23.0 Å². The minimum Gasteiger partial charge on any atom is -0.486 e. The highest BCUT2D eigenvalue weighted by atomic mass is 16.6. The van der Waals surface area contributed by atoms with Gasteiger partial charge >= 0.3 is 0 Å². The van der Waals surface area contributed by atoms with Gasteiger partial charge < -0.3 is 30.2 Å². The van der Waals surface area contributed by atoms with Crippen molar-refractivity contribution in [3.05, 3.63) is 24.5 Å². The lowest BCUT2D eigenvalue weighted by atomic mass is 10.2. The summed E-state index contributed by atoms with van der Waals surface area (Å²) in [4.78, 5) is 10.7. The maximum atomic E-state index is 6.27. The number of anilines is 4.